The largest absolute Gasteiger partial charge is 0.378 e. The summed E-state index contributed by atoms with van der Waals surface area (Å²) in [7, 11) is 0. The molecule has 2 rings (SSSR count). The van der Waals surface area contributed by atoms with E-state index in [1.807, 2.05) is 0 Å². The molecule has 15 heavy (non-hydrogen) atoms. The number of nitrogens with one attached hydrogen (secondary N) is 1. The summed E-state index contributed by atoms with van der Waals surface area (Å²) in [6, 6.07) is 1.41. The van der Waals surface area contributed by atoms with E-state index in [9.17, 15) is 0 Å². The summed E-state index contributed by atoms with van der Waals surface area (Å²) in [5, 5.41) is 3.81. The van der Waals surface area contributed by atoms with Crippen LogP contribution in [0.1, 0.15) is 52.4 Å². The normalized spacial score (nSPS) is 35.6. The minimum Gasteiger partial charge on any atom is -0.378 e. The van der Waals surface area contributed by atoms with Gasteiger partial charge in [-0.2, -0.15) is 0 Å². The number of rotatable bonds is 3. The lowest BCUT2D eigenvalue weighted by Crippen LogP contribution is -2.44. The Bertz CT molecular complexity index is 189. The van der Waals surface area contributed by atoms with Gasteiger partial charge in [0.2, 0.25) is 0 Å². The van der Waals surface area contributed by atoms with Crippen molar-refractivity contribution in [2.75, 3.05) is 6.61 Å². The van der Waals surface area contributed by atoms with Crippen molar-refractivity contribution in [3.63, 3.8) is 0 Å². The maximum atomic E-state index is 5.58. The maximum absolute atomic E-state index is 5.58. The average molecular weight is 211 g/mol. The first-order valence-electron chi connectivity index (χ1n) is 6.63. The summed E-state index contributed by atoms with van der Waals surface area (Å²) in [6.45, 7) is 5.50. The van der Waals surface area contributed by atoms with Gasteiger partial charge in [-0.15, -0.1) is 0 Å². The first-order valence-corrected chi connectivity index (χ1v) is 6.63. The molecule has 1 aliphatic carbocycles. The summed E-state index contributed by atoms with van der Waals surface area (Å²) in [4.78, 5) is 0. The Kier molecular flexibility index (Phi) is 4.04. The molecule has 1 saturated heterocycles. The molecule has 1 aliphatic heterocycles. The summed E-state index contributed by atoms with van der Waals surface area (Å²) in [5.41, 5.74) is 0. The van der Waals surface area contributed by atoms with Gasteiger partial charge in [0.15, 0.2) is 0 Å². The number of ether oxygens (including phenoxy) is 1. The molecule has 0 aromatic heterocycles. The van der Waals surface area contributed by atoms with E-state index in [4.69, 9.17) is 4.74 Å². The van der Waals surface area contributed by atoms with Crippen molar-refractivity contribution in [1.82, 2.24) is 5.32 Å². The third-order valence-corrected chi connectivity index (χ3v) is 4.09. The lowest BCUT2D eigenvalue weighted by Gasteiger charge is -2.32. The highest BCUT2D eigenvalue weighted by Crippen LogP contribution is 2.28. The van der Waals surface area contributed by atoms with Crippen molar-refractivity contribution >= 4 is 0 Å². The molecular weight excluding hydrogens is 186 g/mol. The van der Waals surface area contributed by atoms with Gasteiger partial charge in [-0.05, 0) is 45.4 Å². The highest BCUT2D eigenvalue weighted by atomic mass is 16.5. The lowest BCUT2D eigenvalue weighted by molar-refractivity contribution is 0.0103. The monoisotopic (exact) mass is 211 g/mol. The molecule has 0 bridgehead atoms. The van der Waals surface area contributed by atoms with Gasteiger partial charge in [0.05, 0.1) is 6.10 Å². The molecule has 1 heterocycles. The van der Waals surface area contributed by atoms with Crippen molar-refractivity contribution < 1.29 is 4.74 Å². The lowest BCUT2D eigenvalue weighted by atomic mass is 9.96. The Morgan fingerprint density at radius 1 is 1.20 bits per heavy atom. The van der Waals surface area contributed by atoms with Gasteiger partial charge >= 0.3 is 0 Å². The van der Waals surface area contributed by atoms with Gasteiger partial charge < -0.3 is 10.1 Å². The van der Waals surface area contributed by atoms with Crippen molar-refractivity contribution in [3.05, 3.63) is 0 Å². The van der Waals surface area contributed by atoms with Gasteiger partial charge in [0, 0.05) is 18.7 Å². The summed E-state index contributed by atoms with van der Waals surface area (Å²) in [5.74, 6) is 0.933. The smallest absolute Gasteiger partial charge is 0.0561 e. The van der Waals surface area contributed by atoms with E-state index < -0.39 is 0 Å². The van der Waals surface area contributed by atoms with Gasteiger partial charge in [-0.3, -0.25) is 0 Å². The van der Waals surface area contributed by atoms with E-state index in [1.54, 1.807) is 0 Å². The molecule has 3 atom stereocenters. The SMILES string of the molecule is CC1CC(NC(C)C2CCCC2)CCO1. The van der Waals surface area contributed by atoms with Crippen molar-refractivity contribution in [1.29, 1.82) is 0 Å². The summed E-state index contributed by atoms with van der Waals surface area (Å²) < 4.78 is 5.58. The predicted octanol–water partition coefficient (Wildman–Crippen LogP) is 2.72. The zero-order valence-corrected chi connectivity index (χ0v) is 10.2. The van der Waals surface area contributed by atoms with E-state index in [1.165, 1.54) is 38.5 Å². The van der Waals surface area contributed by atoms with Crippen LogP contribution in [-0.2, 0) is 4.74 Å². The Hall–Kier alpha value is -0.0800. The molecule has 0 spiro atoms. The van der Waals surface area contributed by atoms with E-state index >= 15 is 0 Å². The fraction of sp³-hybridized carbons (Fsp3) is 1.00. The molecule has 3 unspecified atom stereocenters. The molecule has 88 valence electrons. The maximum Gasteiger partial charge on any atom is 0.0561 e. The molecule has 0 aromatic rings. The van der Waals surface area contributed by atoms with Crippen LogP contribution in [-0.4, -0.2) is 24.8 Å². The van der Waals surface area contributed by atoms with Gasteiger partial charge in [0.1, 0.15) is 0 Å². The highest BCUT2D eigenvalue weighted by Gasteiger charge is 2.25. The van der Waals surface area contributed by atoms with Gasteiger partial charge in [-0.1, -0.05) is 12.8 Å². The second-order valence-corrected chi connectivity index (χ2v) is 5.40. The summed E-state index contributed by atoms with van der Waals surface area (Å²) >= 11 is 0. The predicted molar refractivity (Wildman–Crippen MR) is 63.0 cm³/mol. The highest BCUT2D eigenvalue weighted by molar-refractivity contribution is 4.82. The topological polar surface area (TPSA) is 21.3 Å². The molecular formula is C13H25NO. The van der Waals surface area contributed by atoms with Crippen LogP contribution in [0.4, 0.5) is 0 Å². The van der Waals surface area contributed by atoms with Crippen LogP contribution >= 0.6 is 0 Å². The molecule has 0 aromatic carbocycles. The Balaban J connectivity index is 1.74. The Labute approximate surface area is 93.8 Å². The van der Waals surface area contributed by atoms with Crippen LogP contribution in [0.25, 0.3) is 0 Å². The van der Waals surface area contributed by atoms with Crippen molar-refractivity contribution in [2.24, 2.45) is 5.92 Å². The molecule has 2 aliphatic rings. The second kappa shape index (κ2) is 5.31. The molecule has 1 N–H and O–H groups in total. The van der Waals surface area contributed by atoms with Crippen LogP contribution < -0.4 is 5.32 Å². The number of hydrogen-bond acceptors (Lipinski definition) is 2. The van der Waals surface area contributed by atoms with Crippen LogP contribution in [0.15, 0.2) is 0 Å². The molecule has 0 radical (unpaired) electrons. The zero-order valence-electron chi connectivity index (χ0n) is 10.2. The van der Waals surface area contributed by atoms with Gasteiger partial charge in [0.25, 0.3) is 0 Å². The second-order valence-electron chi connectivity index (χ2n) is 5.40. The first kappa shape index (κ1) is 11.4. The van der Waals surface area contributed by atoms with Crippen LogP contribution in [0.3, 0.4) is 0 Å². The standard InChI is InChI=1S/C13H25NO/c1-10-9-13(7-8-15-10)14-11(2)12-5-3-4-6-12/h10-14H,3-9H2,1-2H3. The molecule has 2 fully saturated rings. The minimum absolute atomic E-state index is 0.451. The van der Waals surface area contributed by atoms with E-state index in [0.717, 1.165) is 12.5 Å². The zero-order chi connectivity index (χ0) is 10.7. The van der Waals surface area contributed by atoms with Gasteiger partial charge in [-0.25, -0.2) is 0 Å². The number of hydrogen-bond donors (Lipinski definition) is 1. The Morgan fingerprint density at radius 2 is 1.93 bits per heavy atom. The molecule has 2 heteroatoms. The quantitative estimate of drug-likeness (QED) is 0.775. The van der Waals surface area contributed by atoms with Crippen LogP contribution in [0, 0.1) is 5.92 Å². The Morgan fingerprint density at radius 3 is 2.60 bits per heavy atom. The molecule has 0 amide bonds. The average Bonchev–Trinajstić information content (AvgIpc) is 2.70. The van der Waals surface area contributed by atoms with E-state index in [0.29, 0.717) is 18.2 Å². The van der Waals surface area contributed by atoms with E-state index in [2.05, 4.69) is 19.2 Å². The van der Waals surface area contributed by atoms with E-state index in [-0.39, 0.29) is 0 Å². The minimum atomic E-state index is 0.451. The van der Waals surface area contributed by atoms with Crippen LogP contribution in [0.2, 0.25) is 0 Å². The van der Waals surface area contributed by atoms with Crippen molar-refractivity contribution in [2.45, 2.75) is 70.6 Å². The van der Waals surface area contributed by atoms with Crippen LogP contribution in [0.5, 0.6) is 0 Å². The van der Waals surface area contributed by atoms with Crippen molar-refractivity contribution in [3.8, 4) is 0 Å². The first-order chi connectivity index (χ1) is 7.25. The third kappa shape index (κ3) is 3.18. The third-order valence-electron chi connectivity index (χ3n) is 4.09. The molecule has 1 saturated carbocycles. The molecule has 2 nitrogen and oxygen atoms in total. The summed E-state index contributed by atoms with van der Waals surface area (Å²) in [6.07, 6.45) is 8.60. The fourth-order valence-corrected chi connectivity index (χ4v) is 3.11. The fourth-order valence-electron chi connectivity index (χ4n) is 3.11.